The van der Waals surface area contributed by atoms with E-state index >= 15 is 0 Å². The third-order valence-corrected chi connectivity index (χ3v) is 21.3. The maximum atomic E-state index is 14.3. The number of anilines is 3. The lowest BCUT2D eigenvalue weighted by molar-refractivity contribution is -0.646. The van der Waals surface area contributed by atoms with Crippen molar-refractivity contribution in [3.05, 3.63) is 69.0 Å². The number of aryl methyl sites for hydroxylation is 1. The summed E-state index contributed by atoms with van der Waals surface area (Å²) in [7, 11) is -27.7. The highest BCUT2D eigenvalue weighted by Gasteiger charge is 2.55. The molecule has 0 saturated carbocycles. The van der Waals surface area contributed by atoms with Crippen LogP contribution in [0.1, 0.15) is 24.9 Å². The van der Waals surface area contributed by atoms with Crippen LogP contribution >= 0.6 is 39.1 Å². The Morgan fingerprint density at radius 2 is 0.979 bits per heavy atom. The lowest BCUT2D eigenvalue weighted by Crippen LogP contribution is -2.38. The van der Waals surface area contributed by atoms with Crippen molar-refractivity contribution in [1.82, 2.24) is 73.1 Å². The van der Waals surface area contributed by atoms with Gasteiger partial charge in [-0.1, -0.05) is 0 Å². The molecular formula is C42H54N19O31P5. The van der Waals surface area contributed by atoms with Gasteiger partial charge in [-0.05, 0) is 0 Å². The quantitative estimate of drug-likeness (QED) is 0.0187. The number of phosphoric ester groups is 4. The number of hydrogen-bond acceptors (Lipinski definition) is 38. The first-order valence-electron chi connectivity index (χ1n) is 27.5. The lowest BCUT2D eigenvalue weighted by atomic mass is 10.1. The number of nitrogens with zero attached hydrogens (tertiary/aromatic N) is 13. The summed E-state index contributed by atoms with van der Waals surface area (Å²) in [6.07, 6.45) is -23.3. The fourth-order valence-corrected chi connectivity index (χ4v) is 16.3. The van der Waals surface area contributed by atoms with E-state index in [1.165, 1.54) is 17.9 Å². The van der Waals surface area contributed by atoms with E-state index in [4.69, 9.17) is 63.5 Å². The number of H-pyrrole nitrogens is 3. The van der Waals surface area contributed by atoms with E-state index < -0.39 is 186 Å². The maximum absolute atomic E-state index is 14.3. The van der Waals surface area contributed by atoms with Gasteiger partial charge < -0.3 is 95.9 Å². The molecule has 0 aliphatic carbocycles. The largest absolute Gasteiger partial charge is 0.756 e. The standard InChI is InChI=1S/C42H54N19O31P5/c1-57-12-61(33-20(57)36(69)49-8-48-33)38-24(65)22(63)14(86-38)4-83-95(74,75)91-97(78,79)92-96(76,77)84-6-16-27(28(80-2)40(88-16)58-9-50-17-29(43)46-7-47-30(17)58)90-94(72,73)82-5-15-26(25(66)39(87-15)60-11-52-19-32(60)54-42(45)56-35(19)68)89-93(70,71)81-3-13-21(62)23(64)37(85-13)59-10-51-18-31(59)53-41(44)55-34(18)67/h7-16,21-28,37-40,62-66H,3-6H2,1-2H3,(H13-,43,44,45,46,47,48,49,53,54,55,56,67,68,69,70,71,72,73,74,75,76,77,78,79). The van der Waals surface area contributed by atoms with Crippen LogP contribution in [-0.4, -0.2) is 225 Å². The van der Waals surface area contributed by atoms with E-state index in [1.54, 1.807) is 0 Å². The molecule has 8 aromatic heterocycles. The number of nitrogen functional groups attached to an aromatic ring is 3. The molecule has 4 fully saturated rings. The number of aromatic nitrogens is 16. The number of imidazole rings is 4. The van der Waals surface area contributed by atoms with Crippen molar-refractivity contribution >= 4 is 101 Å². The maximum Gasteiger partial charge on any atom is 0.478 e. The van der Waals surface area contributed by atoms with E-state index in [0.29, 0.717) is 0 Å². The number of phosphoric acid groups is 5. The van der Waals surface area contributed by atoms with Crippen LogP contribution in [0.4, 0.5) is 17.7 Å². The highest BCUT2D eigenvalue weighted by Crippen LogP contribution is 2.66. The van der Waals surface area contributed by atoms with Crippen molar-refractivity contribution in [3.63, 3.8) is 0 Å². The number of rotatable bonds is 25. The zero-order valence-electron chi connectivity index (χ0n) is 48.8. The topological polar surface area (TPSA) is 714 Å². The third kappa shape index (κ3) is 14.0. The van der Waals surface area contributed by atoms with Gasteiger partial charge in [0.1, 0.15) is 85.1 Å². The van der Waals surface area contributed by atoms with Crippen LogP contribution < -0.4 is 43.3 Å². The fraction of sp³-hybridized carbons (Fsp3) is 0.524. The summed E-state index contributed by atoms with van der Waals surface area (Å²) in [5.74, 6) is -0.973. The molecular weight excluding hydrogens is 1420 g/mol. The first-order valence-corrected chi connectivity index (χ1v) is 34.9. The third-order valence-electron chi connectivity index (χ3n) is 15.2. The van der Waals surface area contributed by atoms with Crippen molar-refractivity contribution in [2.24, 2.45) is 7.05 Å². The van der Waals surface area contributed by atoms with Gasteiger partial charge in [0.15, 0.2) is 52.5 Å². The smallest absolute Gasteiger partial charge is 0.478 e. The van der Waals surface area contributed by atoms with Gasteiger partial charge in [-0.3, -0.25) is 69.8 Å². The van der Waals surface area contributed by atoms with Crippen LogP contribution in [0.25, 0.3) is 44.7 Å². The number of fused-ring (bicyclic) bond motifs is 4. The molecule has 12 heterocycles. The van der Waals surface area contributed by atoms with Crippen LogP contribution in [-0.2, 0) is 89.3 Å². The highest BCUT2D eigenvalue weighted by molar-refractivity contribution is 7.66. The molecule has 21 unspecified atom stereocenters. The predicted molar refractivity (Wildman–Crippen MR) is 305 cm³/mol. The van der Waals surface area contributed by atoms with Gasteiger partial charge in [-0.25, -0.2) is 56.4 Å². The van der Waals surface area contributed by atoms with Gasteiger partial charge in [0.2, 0.25) is 24.5 Å². The second-order valence-corrected chi connectivity index (χ2v) is 28.8. The Hall–Kier alpha value is -6.77. The van der Waals surface area contributed by atoms with E-state index in [1.807, 2.05) is 0 Å². The Balaban J connectivity index is 0.741. The summed E-state index contributed by atoms with van der Waals surface area (Å²) in [5.41, 5.74) is 13.9. The number of nitrogens with two attached hydrogens (primary N) is 3. The molecule has 18 N–H and O–H groups in total. The molecule has 0 aromatic carbocycles. The normalized spacial score (nSPS) is 30.9. The van der Waals surface area contributed by atoms with Gasteiger partial charge in [-0.2, -0.15) is 19.5 Å². The summed E-state index contributed by atoms with van der Waals surface area (Å²) in [4.78, 5) is 133. The number of aromatic amines is 3. The van der Waals surface area contributed by atoms with Gasteiger partial charge in [0.25, 0.3) is 30.1 Å². The van der Waals surface area contributed by atoms with Crippen LogP contribution in [0.5, 0.6) is 0 Å². The minimum Gasteiger partial charge on any atom is -0.756 e. The highest BCUT2D eigenvalue weighted by atomic mass is 31.3. The zero-order valence-corrected chi connectivity index (χ0v) is 53.3. The molecule has 50 nitrogen and oxygen atoms in total. The van der Waals surface area contributed by atoms with Crippen LogP contribution in [0.15, 0.2) is 52.3 Å². The Morgan fingerprint density at radius 1 is 0.536 bits per heavy atom. The monoisotopic (exact) mass is 1480 g/mol. The summed E-state index contributed by atoms with van der Waals surface area (Å²) in [5, 5.41) is 55.3. The second kappa shape index (κ2) is 26.4. The van der Waals surface area contributed by atoms with E-state index in [9.17, 15) is 87.2 Å². The number of methoxy groups -OCH3 is 1. The zero-order chi connectivity index (χ0) is 69.7. The average molecular weight is 1480 g/mol. The minimum atomic E-state index is -6.56. The predicted octanol–water partition coefficient (Wildman–Crippen LogP) is -6.45. The van der Waals surface area contributed by atoms with Gasteiger partial charge in [0, 0.05) is 7.11 Å². The molecule has 0 bridgehead atoms. The van der Waals surface area contributed by atoms with Gasteiger partial charge >= 0.3 is 36.9 Å². The van der Waals surface area contributed by atoms with E-state index in [2.05, 4.69) is 68.0 Å². The minimum absolute atomic E-state index is 0.0103. The molecule has 55 heteroatoms. The number of ether oxygens (including phenoxy) is 5. The van der Waals surface area contributed by atoms with Crippen molar-refractivity contribution in [2.75, 3.05) is 50.7 Å². The Morgan fingerprint density at radius 3 is 1.52 bits per heavy atom. The molecule has 8 aromatic rings. The Kier molecular flexibility index (Phi) is 19.1. The Labute approximate surface area is 535 Å². The van der Waals surface area contributed by atoms with Crippen molar-refractivity contribution in [1.29, 1.82) is 0 Å². The van der Waals surface area contributed by atoms with Crippen LogP contribution in [0, 0.1) is 0 Å². The average Bonchev–Trinajstić information content (AvgIpc) is 1.63. The summed E-state index contributed by atoms with van der Waals surface area (Å²) >= 11 is 0. The fourth-order valence-electron chi connectivity index (χ4n) is 10.9. The van der Waals surface area contributed by atoms with E-state index in [-0.39, 0.29) is 56.4 Å². The molecule has 4 aliphatic rings. The number of nitrogens with one attached hydrogen (secondary N) is 3. The van der Waals surface area contributed by atoms with Crippen LogP contribution in [0.2, 0.25) is 0 Å². The molecule has 97 heavy (non-hydrogen) atoms. The number of aliphatic hydroxyl groups is 5. The molecule has 528 valence electrons. The van der Waals surface area contributed by atoms with Gasteiger partial charge in [0.05, 0.1) is 58.8 Å². The Bertz CT molecular complexity index is 4760. The number of aliphatic hydroxyl groups excluding tert-OH is 5. The lowest BCUT2D eigenvalue weighted by Gasteiger charge is -2.28. The van der Waals surface area contributed by atoms with Crippen molar-refractivity contribution < 1.29 is 137 Å². The molecule has 0 spiro atoms. The first kappa shape index (κ1) is 70.1. The number of hydrogen-bond donors (Lipinski definition) is 15. The molecule has 12 rings (SSSR count). The molecule has 4 aliphatic heterocycles. The summed E-state index contributed by atoms with van der Waals surface area (Å²) in [6.45, 7) is -4.99. The molecule has 21 atom stereocenters. The molecule has 0 amide bonds. The van der Waals surface area contributed by atoms with Crippen LogP contribution in [0.3, 0.4) is 0 Å². The molecule has 0 radical (unpaired) electrons. The SMILES string of the molecule is COC1C(OP(=O)(O)OCC2OC(n3cnc4c(=O)[nH]c(N)nc43)C(O)C2OP(=O)(O)OCC2OC(n3cnc4c(=O)[nH]c(N)nc43)C(O)C2O)C(COP(=O)(O)OP(=O)([O-])OP(=O)(O)OCC2OC(n3c[n+](C)c4c(=O)[nH]cnc43)C(O)C2O)OC1n1cnc2c(N)ncnc21. The van der Waals surface area contributed by atoms with Crippen molar-refractivity contribution in [2.45, 2.75) is 98.2 Å². The summed E-state index contributed by atoms with van der Waals surface area (Å²) < 4.78 is 141. The first-order chi connectivity index (χ1) is 45.6. The van der Waals surface area contributed by atoms with Crippen molar-refractivity contribution in [3.8, 4) is 0 Å². The summed E-state index contributed by atoms with van der Waals surface area (Å²) in [6, 6.07) is 0. The molecule has 4 saturated heterocycles. The van der Waals surface area contributed by atoms with Gasteiger partial charge in [-0.15, -0.1) is 0 Å². The second-order valence-electron chi connectivity index (χ2n) is 21.4. The van der Waals surface area contributed by atoms with E-state index in [0.717, 1.165) is 57.0 Å².